The molecule has 4 heteroatoms. The van der Waals surface area contributed by atoms with Gasteiger partial charge in [0.15, 0.2) is 0 Å². The first-order valence-corrected chi connectivity index (χ1v) is 3.22. The van der Waals surface area contributed by atoms with E-state index in [-0.39, 0.29) is 0 Å². The van der Waals surface area contributed by atoms with Gasteiger partial charge in [0.25, 0.3) is 0 Å². The molecule has 4 nitrogen and oxygen atoms in total. The number of nitrogens with zero attached hydrogens (tertiary/aromatic N) is 1. The fraction of sp³-hybridized carbons (Fsp3) is 0. The monoisotopic (exact) mass is 149 g/mol. The van der Waals surface area contributed by atoms with E-state index >= 15 is 0 Å². The summed E-state index contributed by atoms with van der Waals surface area (Å²) in [6, 6.07) is 3.80. The van der Waals surface area contributed by atoms with Crippen molar-refractivity contribution in [1.29, 1.82) is 0 Å². The molecular weight excluding hydrogens is 142 g/mol. The summed E-state index contributed by atoms with van der Waals surface area (Å²) in [6.07, 6.45) is 3.41. The highest BCUT2D eigenvalue weighted by Gasteiger charge is 2.05. The minimum atomic E-state index is 0.340. The van der Waals surface area contributed by atoms with Crippen LogP contribution in [0.4, 0.5) is 5.88 Å². The zero-order chi connectivity index (χ0) is 7.68. The van der Waals surface area contributed by atoms with Gasteiger partial charge in [-0.3, -0.25) is 0 Å². The van der Waals surface area contributed by atoms with Crippen molar-refractivity contribution in [3.63, 3.8) is 0 Å². The predicted molar refractivity (Wildman–Crippen MR) is 40.7 cm³/mol. The fourth-order valence-electron chi connectivity index (χ4n) is 0.949. The smallest absolute Gasteiger partial charge is 0.231 e. The highest BCUT2D eigenvalue weighted by molar-refractivity contribution is 5.68. The molecule has 11 heavy (non-hydrogen) atoms. The lowest BCUT2D eigenvalue weighted by Gasteiger charge is -1.89. The van der Waals surface area contributed by atoms with Crippen LogP contribution in [0.25, 0.3) is 11.3 Å². The number of H-pyrrole nitrogens is 1. The summed E-state index contributed by atoms with van der Waals surface area (Å²) in [5, 5.41) is 3.56. The number of aromatic amines is 1. The van der Waals surface area contributed by atoms with Crippen LogP contribution in [0.3, 0.4) is 0 Å². The van der Waals surface area contributed by atoms with Crippen LogP contribution in [0.15, 0.2) is 29.0 Å². The molecule has 0 unspecified atom stereocenters. The Kier molecular flexibility index (Phi) is 1.18. The summed E-state index contributed by atoms with van der Waals surface area (Å²) in [6.45, 7) is 0. The van der Waals surface area contributed by atoms with Crippen molar-refractivity contribution in [2.24, 2.45) is 0 Å². The fourth-order valence-corrected chi connectivity index (χ4v) is 0.949. The van der Waals surface area contributed by atoms with Gasteiger partial charge in [-0.05, 0) is 12.1 Å². The third-order valence-electron chi connectivity index (χ3n) is 1.49. The van der Waals surface area contributed by atoms with Gasteiger partial charge in [0.1, 0.15) is 0 Å². The predicted octanol–water partition coefficient (Wildman–Crippen LogP) is 1.25. The van der Waals surface area contributed by atoms with Crippen molar-refractivity contribution >= 4 is 5.88 Å². The molecule has 0 atom stereocenters. The highest BCUT2D eigenvalue weighted by atomic mass is 16.5. The van der Waals surface area contributed by atoms with E-state index in [2.05, 4.69) is 10.1 Å². The molecule has 0 radical (unpaired) electrons. The molecule has 56 valence electrons. The Hall–Kier alpha value is -1.71. The topological polar surface area (TPSA) is 67.8 Å². The molecule has 0 amide bonds. The van der Waals surface area contributed by atoms with Gasteiger partial charge in [0.2, 0.25) is 5.88 Å². The van der Waals surface area contributed by atoms with Gasteiger partial charge in [0, 0.05) is 6.20 Å². The molecule has 2 rings (SSSR count). The first-order valence-electron chi connectivity index (χ1n) is 3.22. The maximum Gasteiger partial charge on any atom is 0.231 e. The summed E-state index contributed by atoms with van der Waals surface area (Å²) < 4.78 is 4.70. The third-order valence-corrected chi connectivity index (χ3v) is 1.49. The summed E-state index contributed by atoms with van der Waals surface area (Å²) >= 11 is 0. The number of hydrogen-bond donors (Lipinski definition) is 2. The molecule has 2 heterocycles. The SMILES string of the molecule is Nc1oncc1-c1ccc[nH]1. The Morgan fingerprint density at radius 1 is 1.55 bits per heavy atom. The summed E-state index contributed by atoms with van der Waals surface area (Å²) in [7, 11) is 0. The first kappa shape index (κ1) is 6.03. The summed E-state index contributed by atoms with van der Waals surface area (Å²) in [5.41, 5.74) is 7.20. The number of nitrogen functional groups attached to an aromatic ring is 1. The van der Waals surface area contributed by atoms with Crippen LogP contribution < -0.4 is 5.73 Å². The molecule has 0 aromatic carbocycles. The van der Waals surface area contributed by atoms with Crippen LogP contribution in [-0.4, -0.2) is 10.1 Å². The maximum absolute atomic E-state index is 5.48. The Balaban J connectivity index is 2.53. The van der Waals surface area contributed by atoms with Gasteiger partial charge >= 0.3 is 0 Å². The van der Waals surface area contributed by atoms with E-state index < -0.39 is 0 Å². The Morgan fingerprint density at radius 3 is 3.00 bits per heavy atom. The van der Waals surface area contributed by atoms with Crippen molar-refractivity contribution < 1.29 is 4.52 Å². The second kappa shape index (κ2) is 2.16. The molecule has 0 aliphatic rings. The van der Waals surface area contributed by atoms with Crippen molar-refractivity contribution in [3.8, 4) is 11.3 Å². The van der Waals surface area contributed by atoms with Crippen LogP contribution >= 0.6 is 0 Å². The second-order valence-corrected chi connectivity index (χ2v) is 2.19. The molecule has 0 bridgehead atoms. The van der Waals surface area contributed by atoms with Gasteiger partial charge < -0.3 is 15.2 Å². The molecule has 2 aromatic rings. The number of nitrogens with two attached hydrogens (primary N) is 1. The number of aromatic nitrogens is 2. The summed E-state index contributed by atoms with van der Waals surface area (Å²) in [4.78, 5) is 3.00. The van der Waals surface area contributed by atoms with Crippen molar-refractivity contribution in [2.75, 3.05) is 5.73 Å². The Morgan fingerprint density at radius 2 is 2.45 bits per heavy atom. The summed E-state index contributed by atoms with van der Waals surface area (Å²) in [5.74, 6) is 0.340. The molecule has 0 aliphatic carbocycles. The molecule has 0 spiro atoms. The van der Waals surface area contributed by atoms with E-state index in [1.807, 2.05) is 18.3 Å². The van der Waals surface area contributed by atoms with E-state index in [0.717, 1.165) is 11.3 Å². The van der Waals surface area contributed by atoms with Crippen LogP contribution in [-0.2, 0) is 0 Å². The zero-order valence-corrected chi connectivity index (χ0v) is 5.74. The third kappa shape index (κ3) is 0.881. The van der Waals surface area contributed by atoms with Crippen molar-refractivity contribution in [3.05, 3.63) is 24.5 Å². The number of rotatable bonds is 1. The average Bonchev–Trinajstić information content (AvgIpc) is 2.55. The molecule has 0 saturated carbocycles. The maximum atomic E-state index is 5.48. The Bertz CT molecular complexity index is 336. The van der Waals surface area contributed by atoms with E-state index in [4.69, 9.17) is 10.3 Å². The van der Waals surface area contributed by atoms with Crippen molar-refractivity contribution in [2.45, 2.75) is 0 Å². The molecule has 3 N–H and O–H groups in total. The van der Waals surface area contributed by atoms with E-state index in [9.17, 15) is 0 Å². The van der Waals surface area contributed by atoms with Gasteiger partial charge in [-0.15, -0.1) is 0 Å². The number of hydrogen-bond acceptors (Lipinski definition) is 3. The quantitative estimate of drug-likeness (QED) is 0.641. The van der Waals surface area contributed by atoms with Crippen molar-refractivity contribution in [1.82, 2.24) is 10.1 Å². The lowest BCUT2D eigenvalue weighted by atomic mass is 10.2. The normalized spacial score (nSPS) is 10.2. The molecule has 2 aromatic heterocycles. The number of nitrogens with one attached hydrogen (secondary N) is 1. The van der Waals surface area contributed by atoms with Gasteiger partial charge in [0.05, 0.1) is 17.5 Å². The van der Waals surface area contributed by atoms with Gasteiger partial charge in [-0.25, -0.2) is 0 Å². The van der Waals surface area contributed by atoms with E-state index in [1.54, 1.807) is 6.20 Å². The first-order chi connectivity index (χ1) is 5.38. The zero-order valence-electron chi connectivity index (χ0n) is 5.74. The standard InChI is InChI=1S/C7H7N3O/c8-7-5(4-10-11-7)6-2-1-3-9-6/h1-4,9H,8H2. The lowest BCUT2D eigenvalue weighted by molar-refractivity contribution is 0.436. The van der Waals surface area contributed by atoms with Gasteiger partial charge in [-0.2, -0.15) is 0 Å². The number of anilines is 1. The molecular formula is C7H7N3O. The van der Waals surface area contributed by atoms with E-state index in [0.29, 0.717) is 5.88 Å². The largest absolute Gasteiger partial charge is 0.367 e. The molecule has 0 aliphatic heterocycles. The molecule has 0 saturated heterocycles. The second-order valence-electron chi connectivity index (χ2n) is 2.19. The van der Waals surface area contributed by atoms with E-state index in [1.165, 1.54) is 0 Å². The highest BCUT2D eigenvalue weighted by Crippen LogP contribution is 2.22. The molecule has 0 fully saturated rings. The van der Waals surface area contributed by atoms with Gasteiger partial charge in [-0.1, -0.05) is 5.16 Å². The lowest BCUT2D eigenvalue weighted by Crippen LogP contribution is -1.83. The Labute approximate surface area is 63.0 Å². The van der Waals surface area contributed by atoms with Crippen LogP contribution in [0.1, 0.15) is 0 Å². The minimum Gasteiger partial charge on any atom is -0.367 e. The average molecular weight is 149 g/mol. The van der Waals surface area contributed by atoms with Crippen LogP contribution in [0.2, 0.25) is 0 Å². The minimum absolute atomic E-state index is 0.340. The van der Waals surface area contributed by atoms with Crippen LogP contribution in [0.5, 0.6) is 0 Å². The van der Waals surface area contributed by atoms with Crippen LogP contribution in [0, 0.1) is 0 Å².